The molecule has 0 saturated carbocycles. The molecule has 2 heterocycles. The second-order valence-corrected chi connectivity index (χ2v) is 6.28. The molecule has 7 nitrogen and oxygen atoms in total. The Morgan fingerprint density at radius 1 is 1.25 bits per heavy atom. The van der Waals surface area contributed by atoms with E-state index in [9.17, 15) is 14.4 Å². The van der Waals surface area contributed by atoms with Crippen molar-refractivity contribution in [3.63, 3.8) is 0 Å². The summed E-state index contributed by atoms with van der Waals surface area (Å²) in [6, 6.07) is 1.74. The number of hydrogen-bond donors (Lipinski definition) is 1. The van der Waals surface area contributed by atoms with Crippen LogP contribution in [0.15, 0.2) is 17.2 Å². The standard InChI is InChI=1S/C14H10Cl3N3O4/c1-2-24-14(23)10-8-9(18-19-10)13(22)20(12(8)21)11-6(16)3-5(15)4-7(11)17/h3-4,8-9,18H,2H2,1H3/t8-,9+/m1/s1. The molecular formula is C14H10Cl3N3O4. The molecule has 24 heavy (non-hydrogen) atoms. The first kappa shape index (κ1) is 17.0. The van der Waals surface area contributed by atoms with Crippen LogP contribution in [-0.4, -0.2) is 36.1 Å². The number of carbonyl (C=O) groups excluding carboxylic acids is 3. The molecule has 0 aliphatic carbocycles. The van der Waals surface area contributed by atoms with Gasteiger partial charge in [0.15, 0.2) is 5.71 Å². The minimum Gasteiger partial charge on any atom is -0.461 e. The van der Waals surface area contributed by atoms with Crippen LogP contribution in [0.4, 0.5) is 5.69 Å². The first-order valence-electron chi connectivity index (χ1n) is 6.89. The van der Waals surface area contributed by atoms with Gasteiger partial charge in [0.05, 0.1) is 22.3 Å². The Bertz CT molecular complexity index is 772. The molecule has 3 rings (SSSR count). The Balaban J connectivity index is 2.00. The minimum absolute atomic E-state index is 0.0251. The van der Waals surface area contributed by atoms with Gasteiger partial charge in [0.2, 0.25) is 5.91 Å². The normalized spacial score (nSPS) is 22.3. The maximum atomic E-state index is 12.7. The maximum Gasteiger partial charge on any atom is 0.355 e. The van der Waals surface area contributed by atoms with E-state index in [-0.39, 0.29) is 33.1 Å². The smallest absolute Gasteiger partial charge is 0.355 e. The molecular weight excluding hydrogens is 381 g/mol. The Kier molecular flexibility index (Phi) is 4.42. The van der Waals surface area contributed by atoms with Crippen molar-refractivity contribution in [3.05, 3.63) is 27.2 Å². The monoisotopic (exact) mass is 389 g/mol. The second-order valence-electron chi connectivity index (χ2n) is 5.03. The van der Waals surface area contributed by atoms with Crippen LogP contribution in [0.2, 0.25) is 15.1 Å². The van der Waals surface area contributed by atoms with Crippen molar-refractivity contribution < 1.29 is 19.1 Å². The number of ether oxygens (including phenoxy) is 1. The van der Waals surface area contributed by atoms with Crippen molar-refractivity contribution in [1.29, 1.82) is 0 Å². The second kappa shape index (κ2) is 6.23. The van der Waals surface area contributed by atoms with E-state index < -0.39 is 29.7 Å². The molecule has 1 fully saturated rings. The SMILES string of the molecule is CCOC(=O)C1=NN[C@@H]2C(=O)N(c3c(Cl)cc(Cl)cc3Cl)C(=O)[C@@H]12. The predicted molar refractivity (Wildman–Crippen MR) is 88.4 cm³/mol. The van der Waals surface area contributed by atoms with Crippen molar-refractivity contribution in [2.75, 3.05) is 11.5 Å². The van der Waals surface area contributed by atoms with E-state index in [2.05, 4.69) is 10.5 Å². The molecule has 1 aromatic rings. The fourth-order valence-corrected chi connectivity index (χ4v) is 3.62. The highest BCUT2D eigenvalue weighted by molar-refractivity contribution is 6.49. The number of carbonyl (C=O) groups is 3. The highest BCUT2D eigenvalue weighted by atomic mass is 35.5. The zero-order valence-electron chi connectivity index (χ0n) is 12.2. The summed E-state index contributed by atoms with van der Waals surface area (Å²) >= 11 is 18.0. The van der Waals surface area contributed by atoms with Gasteiger partial charge in [0.1, 0.15) is 12.0 Å². The van der Waals surface area contributed by atoms with Crippen molar-refractivity contribution in [2.24, 2.45) is 11.0 Å². The molecule has 1 aromatic carbocycles. The van der Waals surface area contributed by atoms with Crippen LogP contribution in [0.3, 0.4) is 0 Å². The molecule has 126 valence electrons. The van der Waals surface area contributed by atoms with Crippen LogP contribution in [0, 0.1) is 5.92 Å². The summed E-state index contributed by atoms with van der Waals surface area (Å²) in [6.07, 6.45) is 0. The van der Waals surface area contributed by atoms with E-state index in [1.807, 2.05) is 0 Å². The fourth-order valence-electron chi connectivity index (χ4n) is 2.63. The minimum atomic E-state index is -1.08. The van der Waals surface area contributed by atoms with Crippen LogP contribution in [0.1, 0.15) is 6.92 Å². The molecule has 2 atom stereocenters. The van der Waals surface area contributed by atoms with Crippen molar-refractivity contribution in [1.82, 2.24) is 5.43 Å². The zero-order chi connectivity index (χ0) is 17.6. The predicted octanol–water partition coefficient (Wildman–Crippen LogP) is 2.03. The van der Waals surface area contributed by atoms with Crippen molar-refractivity contribution in [3.8, 4) is 0 Å². The Labute approximate surface area is 151 Å². The largest absolute Gasteiger partial charge is 0.461 e. The van der Waals surface area contributed by atoms with Gasteiger partial charge < -0.3 is 4.74 Å². The summed E-state index contributed by atoms with van der Waals surface area (Å²) in [7, 11) is 0. The van der Waals surface area contributed by atoms with E-state index in [4.69, 9.17) is 39.5 Å². The molecule has 0 spiro atoms. The fraction of sp³-hybridized carbons (Fsp3) is 0.286. The number of nitrogens with zero attached hydrogens (tertiary/aromatic N) is 2. The number of rotatable bonds is 3. The van der Waals surface area contributed by atoms with Gasteiger partial charge in [-0.25, -0.2) is 9.69 Å². The third-order valence-electron chi connectivity index (χ3n) is 3.61. The Morgan fingerprint density at radius 3 is 2.46 bits per heavy atom. The van der Waals surface area contributed by atoms with Crippen LogP contribution < -0.4 is 10.3 Å². The molecule has 1 N–H and O–H groups in total. The molecule has 2 amide bonds. The van der Waals surface area contributed by atoms with Crippen molar-refractivity contribution in [2.45, 2.75) is 13.0 Å². The van der Waals surface area contributed by atoms with Crippen LogP contribution in [-0.2, 0) is 19.1 Å². The van der Waals surface area contributed by atoms with Gasteiger partial charge in [-0.15, -0.1) is 0 Å². The average Bonchev–Trinajstić information content (AvgIpc) is 3.02. The number of anilines is 1. The maximum absolute atomic E-state index is 12.7. The zero-order valence-corrected chi connectivity index (χ0v) is 14.4. The summed E-state index contributed by atoms with van der Waals surface area (Å²) in [6.45, 7) is 1.75. The quantitative estimate of drug-likeness (QED) is 0.630. The van der Waals surface area contributed by atoms with E-state index in [0.717, 1.165) is 4.90 Å². The number of esters is 1. The lowest BCUT2D eigenvalue weighted by atomic mass is 9.99. The first-order valence-corrected chi connectivity index (χ1v) is 8.02. The molecule has 2 aliphatic rings. The number of hydrogen-bond acceptors (Lipinski definition) is 6. The number of nitrogens with one attached hydrogen (secondary N) is 1. The molecule has 2 aliphatic heterocycles. The van der Waals surface area contributed by atoms with Gasteiger partial charge in [0.25, 0.3) is 5.91 Å². The molecule has 0 aromatic heterocycles. The van der Waals surface area contributed by atoms with Gasteiger partial charge >= 0.3 is 5.97 Å². The Hall–Kier alpha value is -1.83. The topological polar surface area (TPSA) is 88.1 Å². The highest BCUT2D eigenvalue weighted by Gasteiger charge is 2.56. The van der Waals surface area contributed by atoms with Gasteiger partial charge in [-0.3, -0.25) is 15.0 Å². The van der Waals surface area contributed by atoms with Gasteiger partial charge in [0, 0.05) is 5.02 Å². The molecule has 1 saturated heterocycles. The lowest BCUT2D eigenvalue weighted by Crippen LogP contribution is -2.36. The number of hydrazone groups is 1. The van der Waals surface area contributed by atoms with Crippen LogP contribution in [0.5, 0.6) is 0 Å². The van der Waals surface area contributed by atoms with Gasteiger partial charge in [-0.05, 0) is 19.1 Å². The number of imide groups is 1. The van der Waals surface area contributed by atoms with E-state index in [0.29, 0.717) is 0 Å². The average molecular weight is 391 g/mol. The molecule has 0 radical (unpaired) electrons. The molecule has 10 heteroatoms. The summed E-state index contributed by atoms with van der Waals surface area (Å²) < 4.78 is 4.86. The number of fused-ring (bicyclic) bond motifs is 1. The van der Waals surface area contributed by atoms with Crippen molar-refractivity contribution >= 4 is 64.0 Å². The van der Waals surface area contributed by atoms with Crippen LogP contribution in [0.25, 0.3) is 0 Å². The lowest BCUT2D eigenvalue weighted by molar-refractivity contribution is -0.136. The van der Waals surface area contributed by atoms with E-state index in [1.165, 1.54) is 12.1 Å². The first-order chi connectivity index (χ1) is 11.4. The number of halogens is 3. The summed E-state index contributed by atoms with van der Waals surface area (Å²) in [5.41, 5.74) is 2.38. The highest BCUT2D eigenvalue weighted by Crippen LogP contribution is 2.41. The Morgan fingerprint density at radius 2 is 1.88 bits per heavy atom. The van der Waals surface area contributed by atoms with E-state index in [1.54, 1.807) is 6.92 Å². The van der Waals surface area contributed by atoms with Gasteiger partial charge in [-0.1, -0.05) is 34.8 Å². The lowest BCUT2D eigenvalue weighted by Gasteiger charge is -2.18. The van der Waals surface area contributed by atoms with Gasteiger partial charge in [-0.2, -0.15) is 5.10 Å². The molecule has 0 bridgehead atoms. The third-order valence-corrected chi connectivity index (χ3v) is 4.41. The van der Waals surface area contributed by atoms with Crippen LogP contribution >= 0.6 is 34.8 Å². The molecule has 0 unspecified atom stereocenters. The third kappa shape index (κ3) is 2.53. The summed E-state index contributed by atoms with van der Waals surface area (Å²) in [5.74, 6) is -3.11. The number of amides is 2. The summed E-state index contributed by atoms with van der Waals surface area (Å²) in [5, 5.41) is 4.12. The summed E-state index contributed by atoms with van der Waals surface area (Å²) in [4.78, 5) is 38.1. The number of benzene rings is 1. The van der Waals surface area contributed by atoms with E-state index >= 15 is 0 Å².